The third-order valence-electron chi connectivity index (χ3n) is 7.81. The molecule has 0 N–H and O–H groups in total. The number of halogens is 3. The molecule has 6 nitrogen and oxygen atoms in total. The topological polar surface area (TPSA) is 68.1 Å². The van der Waals surface area contributed by atoms with E-state index >= 15 is 0 Å². The predicted octanol–water partition coefficient (Wildman–Crippen LogP) is 4.69. The molecule has 1 aliphatic carbocycles. The molecule has 1 aromatic carbocycles. The number of hydrogen-bond donors (Lipinski definition) is 0. The van der Waals surface area contributed by atoms with Crippen LogP contribution in [0.25, 0.3) is 11.4 Å². The Morgan fingerprint density at radius 3 is 2.26 bits per heavy atom. The van der Waals surface area contributed by atoms with Crippen LogP contribution in [0.1, 0.15) is 69.3 Å². The van der Waals surface area contributed by atoms with Gasteiger partial charge in [0.1, 0.15) is 5.82 Å². The molecular formula is C24H31F3N4O2S. The van der Waals surface area contributed by atoms with E-state index in [0.29, 0.717) is 28.9 Å². The van der Waals surface area contributed by atoms with E-state index < -0.39 is 21.6 Å². The number of hydrogen-bond acceptors (Lipinski definition) is 5. The maximum Gasteiger partial charge on any atom is 0.416 e. The predicted molar refractivity (Wildman–Crippen MR) is 123 cm³/mol. The highest BCUT2D eigenvalue weighted by Crippen LogP contribution is 2.45. The maximum absolute atomic E-state index is 12.9. The summed E-state index contributed by atoms with van der Waals surface area (Å²) in [7, 11) is -2.81. The number of alkyl halides is 3. The molecule has 3 fully saturated rings. The molecule has 2 aliphatic heterocycles. The molecule has 34 heavy (non-hydrogen) atoms. The Morgan fingerprint density at radius 2 is 1.71 bits per heavy atom. The fourth-order valence-electron chi connectivity index (χ4n) is 5.99. The van der Waals surface area contributed by atoms with Gasteiger partial charge in [-0.25, -0.2) is 18.1 Å². The SMILES string of the molecule is CC(C)n1nc(-c2ccc(C(F)(F)F)cc2)nc1[C@H]1CC[C@H](N2CCC3(CC2)CS(=O)(=O)C3)C1. The summed E-state index contributed by atoms with van der Waals surface area (Å²) in [5.41, 5.74) is -0.0805. The van der Waals surface area contributed by atoms with E-state index in [9.17, 15) is 21.6 Å². The normalized spacial score (nSPS) is 26.8. The Kier molecular flexibility index (Phi) is 5.82. The average molecular weight is 497 g/mol. The molecule has 0 bridgehead atoms. The van der Waals surface area contributed by atoms with Crippen molar-refractivity contribution in [3.63, 3.8) is 0 Å². The lowest BCUT2D eigenvalue weighted by Crippen LogP contribution is -2.55. The van der Waals surface area contributed by atoms with Crippen molar-refractivity contribution in [1.29, 1.82) is 0 Å². The second-order valence-electron chi connectivity index (χ2n) is 10.6. The fourth-order valence-corrected chi connectivity index (χ4v) is 8.35. The first-order valence-corrected chi connectivity index (χ1v) is 13.9. The molecule has 3 heterocycles. The third kappa shape index (κ3) is 4.51. The lowest BCUT2D eigenvalue weighted by Gasteiger charge is -2.48. The summed E-state index contributed by atoms with van der Waals surface area (Å²) >= 11 is 0. The standard InChI is InChI=1S/C24H31F3N4O2S/c1-16(2)31-22(28-21(29-31)17-3-6-19(7-4-17)24(25,26)27)18-5-8-20(13-18)30-11-9-23(10-12-30)14-34(32,33)15-23/h3-4,6-7,16,18,20H,5,8-15H2,1-2H3/t18-,20-/m0/s1. The summed E-state index contributed by atoms with van der Waals surface area (Å²) in [6.45, 7) is 5.97. The fraction of sp³-hybridized carbons (Fsp3) is 0.667. The van der Waals surface area contributed by atoms with Gasteiger partial charge in [0.05, 0.1) is 17.1 Å². The Balaban J connectivity index is 1.28. The number of likely N-dealkylation sites (tertiary alicyclic amines) is 1. The second-order valence-corrected chi connectivity index (χ2v) is 12.7. The molecule has 10 heteroatoms. The van der Waals surface area contributed by atoms with E-state index in [1.807, 2.05) is 18.5 Å². The molecule has 0 amide bonds. The van der Waals surface area contributed by atoms with Crippen LogP contribution in [0, 0.1) is 5.41 Å². The van der Waals surface area contributed by atoms with Crippen molar-refractivity contribution >= 4 is 9.84 Å². The molecule has 1 aromatic heterocycles. The number of rotatable bonds is 4. The van der Waals surface area contributed by atoms with Crippen LogP contribution in [0.4, 0.5) is 13.2 Å². The lowest BCUT2D eigenvalue weighted by atomic mass is 9.80. The minimum absolute atomic E-state index is 0.0156. The Labute approximate surface area is 198 Å². The molecule has 5 rings (SSSR count). The molecule has 2 saturated heterocycles. The van der Waals surface area contributed by atoms with Gasteiger partial charge in [-0.05, 0) is 71.2 Å². The maximum atomic E-state index is 12.9. The van der Waals surface area contributed by atoms with Crippen molar-refractivity contribution in [3.05, 3.63) is 35.7 Å². The zero-order chi connectivity index (χ0) is 24.3. The van der Waals surface area contributed by atoms with Crippen molar-refractivity contribution in [3.8, 4) is 11.4 Å². The summed E-state index contributed by atoms with van der Waals surface area (Å²) in [5.74, 6) is 2.33. The van der Waals surface area contributed by atoms with Crippen LogP contribution in [-0.4, -0.2) is 58.7 Å². The summed E-state index contributed by atoms with van der Waals surface area (Å²) in [5, 5.41) is 4.66. The molecule has 1 saturated carbocycles. The Hall–Kier alpha value is -1.94. The summed E-state index contributed by atoms with van der Waals surface area (Å²) in [4.78, 5) is 7.32. The van der Waals surface area contributed by atoms with Gasteiger partial charge in [0, 0.05) is 29.0 Å². The number of aromatic nitrogens is 3. The zero-order valence-corrected chi connectivity index (χ0v) is 20.4. The smallest absolute Gasteiger partial charge is 0.300 e. The highest BCUT2D eigenvalue weighted by molar-refractivity contribution is 7.92. The van der Waals surface area contributed by atoms with Crippen molar-refractivity contribution in [2.75, 3.05) is 24.6 Å². The number of sulfone groups is 1. The third-order valence-corrected chi connectivity index (χ3v) is 9.92. The summed E-state index contributed by atoms with van der Waals surface area (Å²) < 4.78 is 64.0. The Bertz CT molecular complexity index is 1140. The van der Waals surface area contributed by atoms with Crippen LogP contribution in [-0.2, 0) is 16.0 Å². The first-order chi connectivity index (χ1) is 15.9. The van der Waals surface area contributed by atoms with Gasteiger partial charge in [0.15, 0.2) is 15.7 Å². The number of benzene rings is 1. The van der Waals surface area contributed by atoms with Gasteiger partial charge in [-0.15, -0.1) is 0 Å². The highest BCUT2D eigenvalue weighted by atomic mass is 32.2. The van der Waals surface area contributed by atoms with Crippen LogP contribution >= 0.6 is 0 Å². The monoisotopic (exact) mass is 496 g/mol. The quantitative estimate of drug-likeness (QED) is 0.614. The van der Waals surface area contributed by atoms with Crippen molar-refractivity contribution in [1.82, 2.24) is 19.7 Å². The highest BCUT2D eigenvalue weighted by Gasteiger charge is 2.50. The minimum Gasteiger partial charge on any atom is -0.300 e. The molecule has 0 radical (unpaired) electrons. The van der Waals surface area contributed by atoms with E-state index in [2.05, 4.69) is 10.00 Å². The summed E-state index contributed by atoms with van der Waals surface area (Å²) in [6, 6.07) is 5.58. The zero-order valence-electron chi connectivity index (χ0n) is 19.6. The first kappa shape index (κ1) is 23.8. The van der Waals surface area contributed by atoms with E-state index in [0.717, 1.165) is 63.2 Å². The second kappa shape index (κ2) is 8.33. The average Bonchev–Trinajstić information content (AvgIpc) is 3.40. The number of piperidine rings is 1. The molecule has 0 unspecified atom stereocenters. The van der Waals surface area contributed by atoms with Crippen molar-refractivity contribution in [2.45, 2.75) is 70.1 Å². The van der Waals surface area contributed by atoms with Crippen LogP contribution < -0.4 is 0 Å². The van der Waals surface area contributed by atoms with Crippen LogP contribution in [0.15, 0.2) is 24.3 Å². The molecule has 2 aromatic rings. The van der Waals surface area contributed by atoms with E-state index in [-0.39, 0.29) is 17.4 Å². The minimum atomic E-state index is -4.37. The number of nitrogens with zero attached hydrogens (tertiary/aromatic N) is 4. The molecule has 2 atom stereocenters. The van der Waals surface area contributed by atoms with Gasteiger partial charge >= 0.3 is 6.18 Å². The van der Waals surface area contributed by atoms with Crippen molar-refractivity contribution in [2.24, 2.45) is 5.41 Å². The van der Waals surface area contributed by atoms with Crippen LogP contribution in [0.3, 0.4) is 0 Å². The van der Waals surface area contributed by atoms with E-state index in [1.54, 1.807) is 0 Å². The van der Waals surface area contributed by atoms with Gasteiger partial charge in [-0.3, -0.25) is 0 Å². The Morgan fingerprint density at radius 1 is 1.06 bits per heavy atom. The molecule has 186 valence electrons. The van der Waals surface area contributed by atoms with Gasteiger partial charge < -0.3 is 4.90 Å². The largest absolute Gasteiger partial charge is 0.416 e. The van der Waals surface area contributed by atoms with Gasteiger partial charge in [0.25, 0.3) is 0 Å². The van der Waals surface area contributed by atoms with Crippen LogP contribution in [0.2, 0.25) is 0 Å². The van der Waals surface area contributed by atoms with Gasteiger partial charge in [0.2, 0.25) is 0 Å². The molecular weight excluding hydrogens is 465 g/mol. The van der Waals surface area contributed by atoms with Gasteiger partial charge in [-0.1, -0.05) is 12.1 Å². The lowest BCUT2D eigenvalue weighted by molar-refractivity contribution is -0.137. The van der Waals surface area contributed by atoms with E-state index in [4.69, 9.17) is 4.98 Å². The van der Waals surface area contributed by atoms with E-state index in [1.165, 1.54) is 12.1 Å². The van der Waals surface area contributed by atoms with Gasteiger partial charge in [-0.2, -0.15) is 18.3 Å². The summed E-state index contributed by atoms with van der Waals surface area (Å²) in [6.07, 6.45) is 0.577. The molecule has 1 spiro atoms. The first-order valence-electron chi connectivity index (χ1n) is 12.0. The van der Waals surface area contributed by atoms with Crippen molar-refractivity contribution < 1.29 is 21.6 Å². The molecule has 3 aliphatic rings. The van der Waals surface area contributed by atoms with Crippen LogP contribution in [0.5, 0.6) is 0 Å².